The van der Waals surface area contributed by atoms with Crippen molar-refractivity contribution in [3.8, 4) is 0 Å². The molecule has 0 aliphatic carbocycles. The Bertz CT molecular complexity index is 260. The lowest BCUT2D eigenvalue weighted by Crippen LogP contribution is -2.41. The lowest BCUT2D eigenvalue weighted by molar-refractivity contribution is -0.122. The molecule has 1 unspecified atom stereocenters. The molecule has 8 heteroatoms. The molecule has 1 amide bonds. The van der Waals surface area contributed by atoms with E-state index in [1.807, 2.05) is 0 Å². The molecular formula is C12H29Cl2N5O. The van der Waals surface area contributed by atoms with Crippen molar-refractivity contribution in [2.75, 3.05) is 13.1 Å². The molecule has 0 saturated carbocycles. The van der Waals surface area contributed by atoms with Crippen LogP contribution in [0.5, 0.6) is 0 Å². The second kappa shape index (κ2) is 16.3. The average molecular weight is 330 g/mol. The molecule has 0 fully saturated rings. The number of hydrogen-bond donors (Lipinski definition) is 4. The largest absolute Gasteiger partial charge is 0.370 e. The highest BCUT2D eigenvalue weighted by Crippen LogP contribution is 1.98. The Labute approximate surface area is 134 Å². The highest BCUT2D eigenvalue weighted by molar-refractivity contribution is 5.85. The Morgan fingerprint density at radius 3 is 2.35 bits per heavy atom. The van der Waals surface area contributed by atoms with Crippen LogP contribution in [0.15, 0.2) is 4.99 Å². The minimum atomic E-state index is -0.467. The van der Waals surface area contributed by atoms with Crippen LogP contribution in [0, 0.1) is 0 Å². The van der Waals surface area contributed by atoms with Gasteiger partial charge in [0.15, 0.2) is 5.96 Å². The molecular weight excluding hydrogens is 301 g/mol. The van der Waals surface area contributed by atoms with Crippen LogP contribution in [-0.2, 0) is 4.79 Å². The number of rotatable bonds is 10. The van der Waals surface area contributed by atoms with E-state index in [1.165, 1.54) is 12.8 Å². The summed E-state index contributed by atoms with van der Waals surface area (Å²) in [7, 11) is 0. The number of carbonyl (C=O) groups excluding carboxylic acids is 1. The monoisotopic (exact) mass is 329 g/mol. The molecule has 122 valence electrons. The molecule has 0 spiro atoms. The first-order valence-corrected chi connectivity index (χ1v) is 6.66. The molecule has 6 nitrogen and oxygen atoms in total. The summed E-state index contributed by atoms with van der Waals surface area (Å²) < 4.78 is 0. The fourth-order valence-corrected chi connectivity index (χ4v) is 1.54. The number of aliphatic imine (C=N–C) groups is 1. The zero-order valence-electron chi connectivity index (χ0n) is 12.1. The van der Waals surface area contributed by atoms with Crippen LogP contribution >= 0.6 is 24.8 Å². The third-order valence-electron chi connectivity index (χ3n) is 2.63. The summed E-state index contributed by atoms with van der Waals surface area (Å²) in [6.07, 6.45) is 5.87. The average Bonchev–Trinajstić information content (AvgIpc) is 2.33. The molecule has 0 aliphatic heterocycles. The Kier molecular flexibility index (Phi) is 19.9. The van der Waals surface area contributed by atoms with E-state index in [1.54, 1.807) is 0 Å². The van der Waals surface area contributed by atoms with Gasteiger partial charge in [-0.25, -0.2) is 0 Å². The molecule has 0 aromatic heterocycles. The van der Waals surface area contributed by atoms with Gasteiger partial charge in [0, 0.05) is 13.1 Å². The number of nitrogens with zero attached hydrogens (tertiary/aromatic N) is 1. The van der Waals surface area contributed by atoms with Crippen molar-refractivity contribution in [1.29, 1.82) is 0 Å². The van der Waals surface area contributed by atoms with E-state index >= 15 is 0 Å². The van der Waals surface area contributed by atoms with E-state index in [2.05, 4.69) is 17.2 Å². The van der Waals surface area contributed by atoms with E-state index < -0.39 is 6.04 Å². The minimum Gasteiger partial charge on any atom is -0.370 e. The lowest BCUT2D eigenvalue weighted by atomic mass is 10.1. The van der Waals surface area contributed by atoms with Crippen molar-refractivity contribution in [2.45, 2.75) is 51.5 Å². The molecule has 0 aliphatic rings. The summed E-state index contributed by atoms with van der Waals surface area (Å²) in [6, 6.07) is -0.467. The Morgan fingerprint density at radius 2 is 1.80 bits per heavy atom. The van der Waals surface area contributed by atoms with Crippen molar-refractivity contribution in [3.05, 3.63) is 0 Å². The first-order valence-electron chi connectivity index (χ1n) is 6.66. The van der Waals surface area contributed by atoms with Gasteiger partial charge in [0.25, 0.3) is 0 Å². The number of nitrogens with one attached hydrogen (secondary N) is 1. The van der Waals surface area contributed by atoms with Gasteiger partial charge < -0.3 is 22.5 Å². The number of halogens is 2. The van der Waals surface area contributed by atoms with Crippen LogP contribution in [0.3, 0.4) is 0 Å². The normalized spacial score (nSPS) is 10.7. The predicted molar refractivity (Wildman–Crippen MR) is 89.5 cm³/mol. The summed E-state index contributed by atoms with van der Waals surface area (Å²) >= 11 is 0. The van der Waals surface area contributed by atoms with Crippen LogP contribution in [0.4, 0.5) is 0 Å². The van der Waals surface area contributed by atoms with Crippen LogP contribution in [0.2, 0.25) is 0 Å². The first-order chi connectivity index (χ1) is 8.57. The van der Waals surface area contributed by atoms with Gasteiger partial charge in [0.05, 0.1) is 6.04 Å². The standard InChI is InChI=1S/C12H27N5O.2ClH/c1-2-3-4-5-8-16-11(18)10(13)7-6-9-17-12(14)15;;/h10H,2-9,13H2,1H3,(H,16,18)(H4,14,15,17);2*1H. The van der Waals surface area contributed by atoms with Crippen LogP contribution in [0.25, 0.3) is 0 Å². The SMILES string of the molecule is CCCCCCNC(=O)C(N)CCCN=C(N)N.Cl.Cl. The van der Waals surface area contributed by atoms with Gasteiger partial charge in [-0.1, -0.05) is 26.2 Å². The Balaban J connectivity index is -0.00000144. The molecule has 0 aromatic rings. The molecule has 1 atom stereocenters. The quantitative estimate of drug-likeness (QED) is 0.270. The van der Waals surface area contributed by atoms with Gasteiger partial charge in [-0.05, 0) is 19.3 Å². The zero-order chi connectivity index (χ0) is 13.8. The molecule has 0 aromatic carbocycles. The van der Waals surface area contributed by atoms with Gasteiger partial charge in [0.1, 0.15) is 0 Å². The maximum absolute atomic E-state index is 11.6. The van der Waals surface area contributed by atoms with E-state index in [9.17, 15) is 4.79 Å². The fraction of sp³-hybridized carbons (Fsp3) is 0.833. The van der Waals surface area contributed by atoms with Crippen molar-refractivity contribution >= 4 is 36.7 Å². The second-order valence-corrected chi connectivity index (χ2v) is 4.41. The zero-order valence-corrected chi connectivity index (χ0v) is 13.8. The van der Waals surface area contributed by atoms with Crippen molar-refractivity contribution in [1.82, 2.24) is 5.32 Å². The van der Waals surface area contributed by atoms with Gasteiger partial charge in [-0.2, -0.15) is 0 Å². The minimum absolute atomic E-state index is 0. The number of unbranched alkanes of at least 4 members (excludes halogenated alkanes) is 3. The summed E-state index contributed by atoms with van der Waals surface area (Å²) in [5.74, 6) is -0.0138. The van der Waals surface area contributed by atoms with Crippen LogP contribution in [0.1, 0.15) is 45.4 Å². The molecule has 0 bridgehead atoms. The molecule has 0 saturated heterocycles. The maximum atomic E-state index is 11.6. The summed E-state index contributed by atoms with van der Waals surface area (Å²) in [6.45, 7) is 3.38. The molecule has 0 rings (SSSR count). The van der Waals surface area contributed by atoms with Crippen molar-refractivity contribution in [3.63, 3.8) is 0 Å². The maximum Gasteiger partial charge on any atom is 0.236 e. The fourth-order valence-electron chi connectivity index (χ4n) is 1.54. The van der Waals surface area contributed by atoms with E-state index in [0.29, 0.717) is 25.9 Å². The molecule has 0 radical (unpaired) electrons. The van der Waals surface area contributed by atoms with Gasteiger partial charge in [-0.3, -0.25) is 9.79 Å². The number of amides is 1. The van der Waals surface area contributed by atoms with Gasteiger partial charge in [0.2, 0.25) is 5.91 Å². The Hall–Kier alpha value is -0.720. The summed E-state index contributed by atoms with van der Waals surface area (Å²) in [5, 5.41) is 2.84. The Morgan fingerprint density at radius 1 is 1.15 bits per heavy atom. The summed E-state index contributed by atoms with van der Waals surface area (Å²) in [5.41, 5.74) is 16.1. The number of hydrogen-bond acceptors (Lipinski definition) is 3. The van der Waals surface area contributed by atoms with E-state index in [-0.39, 0.29) is 36.7 Å². The van der Waals surface area contributed by atoms with E-state index in [0.717, 1.165) is 12.8 Å². The lowest BCUT2D eigenvalue weighted by Gasteiger charge is -2.11. The van der Waals surface area contributed by atoms with Gasteiger partial charge in [-0.15, -0.1) is 24.8 Å². The van der Waals surface area contributed by atoms with Crippen LogP contribution < -0.4 is 22.5 Å². The van der Waals surface area contributed by atoms with Crippen LogP contribution in [-0.4, -0.2) is 31.0 Å². The number of guanidine groups is 1. The van der Waals surface area contributed by atoms with Crippen molar-refractivity contribution < 1.29 is 4.79 Å². The van der Waals surface area contributed by atoms with E-state index in [4.69, 9.17) is 17.2 Å². The third-order valence-corrected chi connectivity index (χ3v) is 2.63. The third kappa shape index (κ3) is 15.3. The van der Waals surface area contributed by atoms with Crippen molar-refractivity contribution in [2.24, 2.45) is 22.2 Å². The van der Waals surface area contributed by atoms with Gasteiger partial charge >= 0.3 is 0 Å². The molecule has 7 N–H and O–H groups in total. The predicted octanol–water partition coefficient (Wildman–Crippen LogP) is 0.907. The molecule has 20 heavy (non-hydrogen) atoms. The second-order valence-electron chi connectivity index (χ2n) is 4.41. The number of nitrogens with two attached hydrogens (primary N) is 3. The first kappa shape index (κ1) is 24.3. The highest BCUT2D eigenvalue weighted by atomic mass is 35.5. The molecule has 0 heterocycles. The summed E-state index contributed by atoms with van der Waals surface area (Å²) in [4.78, 5) is 15.4. The smallest absolute Gasteiger partial charge is 0.236 e. The number of carbonyl (C=O) groups is 1. The highest BCUT2D eigenvalue weighted by Gasteiger charge is 2.11. The topological polar surface area (TPSA) is 120 Å².